The van der Waals surface area contributed by atoms with Crippen LogP contribution in [0.5, 0.6) is 0 Å². The van der Waals surface area contributed by atoms with Crippen molar-refractivity contribution in [2.24, 2.45) is 13.0 Å². The van der Waals surface area contributed by atoms with E-state index in [1.165, 1.54) is 32.1 Å². The number of aliphatic hydroxyl groups is 1. The topological polar surface area (TPSA) is 67.1 Å². The van der Waals surface area contributed by atoms with Crippen molar-refractivity contribution >= 4 is 0 Å². The van der Waals surface area contributed by atoms with Crippen LogP contribution in [0.15, 0.2) is 0 Å². The normalized spacial score (nSPS) is 32.8. The minimum Gasteiger partial charge on any atom is -0.393 e. The zero-order valence-corrected chi connectivity index (χ0v) is 11.6. The van der Waals surface area contributed by atoms with Crippen molar-refractivity contribution in [3.05, 3.63) is 5.82 Å². The summed E-state index contributed by atoms with van der Waals surface area (Å²) in [5.41, 5.74) is 0. The quantitative estimate of drug-likeness (QED) is 0.872. The molecule has 2 fully saturated rings. The Morgan fingerprint density at radius 3 is 2.79 bits per heavy atom. The number of nitrogens with zero attached hydrogens (tertiary/aromatic N) is 5. The zero-order valence-electron chi connectivity index (χ0n) is 11.6. The fourth-order valence-electron chi connectivity index (χ4n) is 3.69. The highest BCUT2D eigenvalue weighted by Crippen LogP contribution is 2.35. The fraction of sp³-hybridized carbons (Fsp3) is 0.923. The van der Waals surface area contributed by atoms with Crippen molar-refractivity contribution in [1.29, 1.82) is 0 Å². The molecule has 1 aliphatic heterocycles. The van der Waals surface area contributed by atoms with Crippen molar-refractivity contribution in [2.45, 2.75) is 57.2 Å². The van der Waals surface area contributed by atoms with E-state index in [1.807, 2.05) is 7.05 Å². The first-order valence-electron chi connectivity index (χ1n) is 7.39. The lowest BCUT2D eigenvalue weighted by Crippen LogP contribution is -2.42. The number of rotatable bonds is 3. The van der Waals surface area contributed by atoms with Crippen molar-refractivity contribution in [2.75, 3.05) is 6.54 Å². The molecule has 19 heavy (non-hydrogen) atoms. The molecule has 0 amide bonds. The summed E-state index contributed by atoms with van der Waals surface area (Å²) in [5, 5.41) is 21.9. The fourth-order valence-corrected chi connectivity index (χ4v) is 3.69. The van der Waals surface area contributed by atoms with Crippen molar-refractivity contribution in [3.63, 3.8) is 0 Å². The van der Waals surface area contributed by atoms with Gasteiger partial charge in [0.2, 0.25) is 0 Å². The second-order valence-corrected chi connectivity index (χ2v) is 5.91. The molecule has 0 bridgehead atoms. The van der Waals surface area contributed by atoms with E-state index >= 15 is 0 Å². The van der Waals surface area contributed by atoms with E-state index < -0.39 is 0 Å². The van der Waals surface area contributed by atoms with E-state index in [4.69, 9.17) is 0 Å². The first-order chi connectivity index (χ1) is 9.25. The van der Waals surface area contributed by atoms with E-state index in [9.17, 15) is 5.11 Å². The Hall–Kier alpha value is -1.01. The first-order valence-corrected chi connectivity index (χ1v) is 7.39. The molecule has 1 N–H and O–H groups in total. The van der Waals surface area contributed by atoms with Crippen LogP contribution in [0.4, 0.5) is 0 Å². The molecule has 1 aromatic rings. The largest absolute Gasteiger partial charge is 0.393 e. The SMILES string of the molecule is Cn1nnnc1CN1CCC[C@@H]1[C@@H]1CCCC[C@H]1O. The van der Waals surface area contributed by atoms with Gasteiger partial charge in [-0.05, 0) is 42.7 Å². The van der Waals surface area contributed by atoms with Gasteiger partial charge < -0.3 is 5.11 Å². The van der Waals surface area contributed by atoms with Gasteiger partial charge in [0.15, 0.2) is 5.82 Å². The summed E-state index contributed by atoms with van der Waals surface area (Å²) in [6.07, 6.45) is 6.89. The number of likely N-dealkylation sites (tertiary alicyclic amines) is 1. The van der Waals surface area contributed by atoms with Gasteiger partial charge in [-0.25, -0.2) is 4.68 Å². The third kappa shape index (κ3) is 2.65. The van der Waals surface area contributed by atoms with Crippen LogP contribution >= 0.6 is 0 Å². The van der Waals surface area contributed by atoms with Gasteiger partial charge in [-0.15, -0.1) is 5.10 Å². The lowest BCUT2D eigenvalue weighted by Gasteiger charge is -2.36. The third-order valence-electron chi connectivity index (χ3n) is 4.74. The predicted molar refractivity (Wildman–Crippen MR) is 70.2 cm³/mol. The molecule has 1 saturated heterocycles. The van der Waals surface area contributed by atoms with Crippen molar-refractivity contribution < 1.29 is 5.11 Å². The summed E-state index contributed by atoms with van der Waals surface area (Å²) in [4.78, 5) is 2.46. The average Bonchev–Trinajstić information content (AvgIpc) is 3.01. The van der Waals surface area contributed by atoms with Gasteiger partial charge >= 0.3 is 0 Å². The molecular formula is C13H23N5O. The van der Waals surface area contributed by atoms with Crippen LogP contribution in [0.3, 0.4) is 0 Å². The Morgan fingerprint density at radius 1 is 1.21 bits per heavy atom. The monoisotopic (exact) mass is 265 g/mol. The molecule has 6 nitrogen and oxygen atoms in total. The van der Waals surface area contributed by atoms with Gasteiger partial charge in [0, 0.05) is 19.0 Å². The van der Waals surface area contributed by atoms with E-state index in [2.05, 4.69) is 20.4 Å². The Labute approximate surface area is 113 Å². The second kappa shape index (κ2) is 5.54. The Kier molecular flexibility index (Phi) is 3.79. The number of aryl methyl sites for hydroxylation is 1. The minimum atomic E-state index is -0.114. The highest BCUT2D eigenvalue weighted by molar-refractivity contribution is 4.93. The number of hydrogen-bond donors (Lipinski definition) is 1. The van der Waals surface area contributed by atoms with E-state index in [1.54, 1.807) is 4.68 Å². The molecular weight excluding hydrogens is 242 g/mol. The van der Waals surface area contributed by atoms with Crippen LogP contribution in [-0.4, -0.2) is 48.9 Å². The van der Waals surface area contributed by atoms with Crippen molar-refractivity contribution in [1.82, 2.24) is 25.1 Å². The van der Waals surface area contributed by atoms with Crippen LogP contribution in [0.25, 0.3) is 0 Å². The zero-order chi connectivity index (χ0) is 13.2. The highest BCUT2D eigenvalue weighted by atomic mass is 16.3. The second-order valence-electron chi connectivity index (χ2n) is 5.91. The molecule has 106 valence electrons. The first kappa shape index (κ1) is 13.0. The smallest absolute Gasteiger partial charge is 0.164 e. The van der Waals surface area contributed by atoms with E-state index in [-0.39, 0.29) is 6.10 Å². The van der Waals surface area contributed by atoms with Gasteiger partial charge in [0.05, 0.1) is 12.6 Å². The van der Waals surface area contributed by atoms with E-state index in [0.29, 0.717) is 12.0 Å². The third-order valence-corrected chi connectivity index (χ3v) is 4.74. The lowest BCUT2D eigenvalue weighted by atomic mass is 9.80. The highest BCUT2D eigenvalue weighted by Gasteiger charge is 2.37. The summed E-state index contributed by atoms with van der Waals surface area (Å²) >= 11 is 0. The molecule has 0 unspecified atom stereocenters. The summed E-state index contributed by atoms with van der Waals surface area (Å²) in [7, 11) is 1.88. The maximum Gasteiger partial charge on any atom is 0.164 e. The van der Waals surface area contributed by atoms with Gasteiger partial charge in [-0.2, -0.15) is 0 Å². The van der Waals surface area contributed by atoms with Gasteiger partial charge in [-0.1, -0.05) is 12.8 Å². The van der Waals surface area contributed by atoms with Crippen LogP contribution in [0.2, 0.25) is 0 Å². The number of tetrazole rings is 1. The minimum absolute atomic E-state index is 0.114. The standard InChI is InChI=1S/C13H23N5O/c1-17-13(14-15-16-17)9-18-8-4-6-11(18)10-5-2-3-7-12(10)19/h10-12,19H,2-9H2,1H3/t10-,11+,12+/m0/s1. The number of hydrogen-bond acceptors (Lipinski definition) is 5. The maximum absolute atomic E-state index is 10.3. The Balaban J connectivity index is 1.69. The van der Waals surface area contributed by atoms with Gasteiger partial charge in [0.25, 0.3) is 0 Å². The maximum atomic E-state index is 10.3. The van der Waals surface area contributed by atoms with Crippen LogP contribution in [-0.2, 0) is 13.6 Å². The molecule has 3 rings (SSSR count). The molecule has 2 aliphatic rings. The summed E-state index contributed by atoms with van der Waals surface area (Å²) in [5.74, 6) is 1.36. The molecule has 1 aromatic heterocycles. The molecule has 1 aliphatic carbocycles. The van der Waals surface area contributed by atoms with Crippen LogP contribution in [0, 0.1) is 5.92 Å². The molecule has 3 atom stereocenters. The predicted octanol–water partition coefficient (Wildman–Crippen LogP) is 0.726. The van der Waals surface area contributed by atoms with Gasteiger partial charge in [0.1, 0.15) is 0 Å². The molecule has 0 radical (unpaired) electrons. The number of aliphatic hydroxyl groups excluding tert-OH is 1. The Bertz CT molecular complexity index is 421. The molecule has 0 aromatic carbocycles. The molecule has 2 heterocycles. The molecule has 0 spiro atoms. The molecule has 1 saturated carbocycles. The molecule has 6 heteroatoms. The Morgan fingerprint density at radius 2 is 2.05 bits per heavy atom. The van der Waals surface area contributed by atoms with E-state index in [0.717, 1.165) is 25.3 Å². The van der Waals surface area contributed by atoms with Crippen LogP contribution in [0.1, 0.15) is 44.3 Å². The lowest BCUT2D eigenvalue weighted by molar-refractivity contribution is 0.0193. The van der Waals surface area contributed by atoms with Crippen molar-refractivity contribution in [3.8, 4) is 0 Å². The summed E-state index contributed by atoms with van der Waals surface area (Å²) in [6, 6.07) is 0.506. The van der Waals surface area contributed by atoms with Gasteiger partial charge in [-0.3, -0.25) is 4.90 Å². The summed E-state index contributed by atoms with van der Waals surface area (Å²) in [6.45, 7) is 1.90. The number of aromatic nitrogens is 4. The van der Waals surface area contributed by atoms with Crippen LogP contribution < -0.4 is 0 Å². The average molecular weight is 265 g/mol. The summed E-state index contributed by atoms with van der Waals surface area (Å²) < 4.78 is 1.74.